The van der Waals surface area contributed by atoms with Gasteiger partial charge in [0.15, 0.2) is 0 Å². The van der Waals surface area contributed by atoms with E-state index in [0.29, 0.717) is 12.4 Å². The third-order valence-corrected chi connectivity index (χ3v) is 2.35. The molecule has 1 rings (SSSR count). The van der Waals surface area contributed by atoms with Gasteiger partial charge in [0.25, 0.3) is 0 Å². The zero-order valence-electron chi connectivity index (χ0n) is 7.84. The molecule has 0 saturated heterocycles. The van der Waals surface area contributed by atoms with Crippen LogP contribution in [-0.4, -0.2) is 19.0 Å². The molecule has 0 radical (unpaired) electrons. The lowest BCUT2D eigenvalue weighted by atomic mass is 9.89. The summed E-state index contributed by atoms with van der Waals surface area (Å²) in [7, 11) is 0. The second-order valence-corrected chi connectivity index (χ2v) is 3.48. The van der Waals surface area contributed by atoms with E-state index in [1.807, 2.05) is 0 Å². The van der Waals surface area contributed by atoms with E-state index in [9.17, 15) is 4.79 Å². The van der Waals surface area contributed by atoms with E-state index in [1.165, 1.54) is 6.42 Å². The van der Waals surface area contributed by atoms with Crippen LogP contribution >= 0.6 is 0 Å². The first-order chi connectivity index (χ1) is 5.84. The molecule has 1 saturated carbocycles. The molecule has 70 valence electrons. The second-order valence-electron chi connectivity index (χ2n) is 3.48. The van der Waals surface area contributed by atoms with Crippen molar-refractivity contribution in [3.05, 3.63) is 0 Å². The third kappa shape index (κ3) is 2.94. The summed E-state index contributed by atoms with van der Waals surface area (Å²) in [5.41, 5.74) is 0. The molecule has 0 aromatic heterocycles. The van der Waals surface area contributed by atoms with Crippen molar-refractivity contribution in [1.29, 1.82) is 0 Å². The first-order valence-corrected chi connectivity index (χ1v) is 4.95. The maximum atomic E-state index is 11.3. The van der Waals surface area contributed by atoms with Crippen LogP contribution in [0.25, 0.3) is 0 Å². The Hall–Kier alpha value is -0.370. The minimum absolute atomic E-state index is 0.213. The number of Topliss-reactive ketones (excluding diaryl/α,β-unsaturated/α-hetero) is 1. The Morgan fingerprint density at radius 2 is 2.33 bits per heavy atom. The van der Waals surface area contributed by atoms with E-state index in [-0.39, 0.29) is 5.92 Å². The van der Waals surface area contributed by atoms with Crippen LogP contribution in [0.2, 0.25) is 0 Å². The van der Waals surface area contributed by atoms with Crippen LogP contribution in [0.1, 0.15) is 39.0 Å². The molecule has 0 aromatic rings. The summed E-state index contributed by atoms with van der Waals surface area (Å²) in [5.74, 6) is 0.627. The molecular formula is C10H18O2. The lowest BCUT2D eigenvalue weighted by Crippen LogP contribution is -2.23. The predicted molar refractivity (Wildman–Crippen MR) is 48.1 cm³/mol. The highest BCUT2D eigenvalue weighted by molar-refractivity contribution is 5.81. The molecule has 0 amide bonds. The van der Waals surface area contributed by atoms with Crippen molar-refractivity contribution < 1.29 is 9.53 Å². The lowest BCUT2D eigenvalue weighted by Gasteiger charge is -2.19. The SMILES string of the molecule is CCCOCC1CCCCC1=O. The number of rotatable bonds is 4. The van der Waals surface area contributed by atoms with Gasteiger partial charge in [0.1, 0.15) is 5.78 Å². The molecule has 0 spiro atoms. The Morgan fingerprint density at radius 3 is 3.00 bits per heavy atom. The number of hydrogen-bond acceptors (Lipinski definition) is 2. The van der Waals surface area contributed by atoms with E-state index in [4.69, 9.17) is 4.74 Å². The molecule has 12 heavy (non-hydrogen) atoms. The fraction of sp³-hybridized carbons (Fsp3) is 0.900. The molecule has 2 nitrogen and oxygen atoms in total. The van der Waals surface area contributed by atoms with Crippen molar-refractivity contribution in [2.45, 2.75) is 39.0 Å². The van der Waals surface area contributed by atoms with Gasteiger partial charge in [-0.3, -0.25) is 4.79 Å². The second kappa shape index (κ2) is 5.31. The van der Waals surface area contributed by atoms with Crippen LogP contribution in [0.5, 0.6) is 0 Å². The van der Waals surface area contributed by atoms with Gasteiger partial charge in [-0.2, -0.15) is 0 Å². The largest absolute Gasteiger partial charge is 0.381 e. The summed E-state index contributed by atoms with van der Waals surface area (Å²) >= 11 is 0. The molecule has 0 N–H and O–H groups in total. The highest BCUT2D eigenvalue weighted by atomic mass is 16.5. The van der Waals surface area contributed by atoms with Gasteiger partial charge in [-0.1, -0.05) is 13.3 Å². The van der Waals surface area contributed by atoms with Gasteiger partial charge < -0.3 is 4.74 Å². The van der Waals surface area contributed by atoms with Crippen molar-refractivity contribution in [2.75, 3.05) is 13.2 Å². The summed E-state index contributed by atoms with van der Waals surface area (Å²) in [6.07, 6.45) is 5.15. The van der Waals surface area contributed by atoms with E-state index in [2.05, 4.69) is 6.92 Å². The minimum atomic E-state index is 0.213. The van der Waals surface area contributed by atoms with Gasteiger partial charge in [0.2, 0.25) is 0 Å². The Bertz CT molecular complexity index is 143. The fourth-order valence-corrected chi connectivity index (χ4v) is 1.60. The van der Waals surface area contributed by atoms with Gasteiger partial charge in [-0.05, 0) is 19.3 Å². The number of carbonyl (C=O) groups excluding carboxylic acids is 1. The van der Waals surface area contributed by atoms with Crippen LogP contribution < -0.4 is 0 Å². The molecule has 1 unspecified atom stereocenters. The predicted octanol–water partition coefficient (Wildman–Crippen LogP) is 2.17. The summed E-state index contributed by atoms with van der Waals surface area (Å²) in [6, 6.07) is 0. The Morgan fingerprint density at radius 1 is 1.50 bits per heavy atom. The summed E-state index contributed by atoms with van der Waals surface area (Å²) in [5, 5.41) is 0. The molecule has 0 heterocycles. The molecule has 1 aliphatic carbocycles. The number of ketones is 1. The monoisotopic (exact) mass is 170 g/mol. The summed E-state index contributed by atoms with van der Waals surface area (Å²) in [6.45, 7) is 3.54. The molecule has 1 fully saturated rings. The van der Waals surface area contributed by atoms with E-state index < -0.39 is 0 Å². The van der Waals surface area contributed by atoms with Crippen LogP contribution in [0.15, 0.2) is 0 Å². The maximum absolute atomic E-state index is 11.3. The summed E-state index contributed by atoms with van der Waals surface area (Å²) in [4.78, 5) is 11.3. The standard InChI is InChI=1S/C10H18O2/c1-2-7-12-8-9-5-3-4-6-10(9)11/h9H,2-8H2,1H3. The minimum Gasteiger partial charge on any atom is -0.381 e. The topological polar surface area (TPSA) is 26.3 Å². The average molecular weight is 170 g/mol. The first-order valence-electron chi connectivity index (χ1n) is 4.95. The Kier molecular flexibility index (Phi) is 4.30. The van der Waals surface area contributed by atoms with Crippen molar-refractivity contribution in [3.8, 4) is 0 Å². The third-order valence-electron chi connectivity index (χ3n) is 2.35. The molecule has 0 bridgehead atoms. The zero-order chi connectivity index (χ0) is 8.81. The Labute approximate surface area is 74.3 Å². The molecule has 1 aliphatic rings. The number of carbonyl (C=O) groups is 1. The molecule has 2 heteroatoms. The van der Waals surface area contributed by atoms with Crippen molar-refractivity contribution in [3.63, 3.8) is 0 Å². The van der Waals surface area contributed by atoms with Crippen LogP contribution in [0.4, 0.5) is 0 Å². The molecular weight excluding hydrogens is 152 g/mol. The first kappa shape index (κ1) is 9.72. The quantitative estimate of drug-likeness (QED) is 0.604. The van der Waals surface area contributed by atoms with E-state index in [0.717, 1.165) is 32.3 Å². The number of ether oxygens (including phenoxy) is 1. The van der Waals surface area contributed by atoms with Crippen molar-refractivity contribution in [1.82, 2.24) is 0 Å². The van der Waals surface area contributed by atoms with Crippen LogP contribution in [-0.2, 0) is 9.53 Å². The maximum Gasteiger partial charge on any atom is 0.138 e. The van der Waals surface area contributed by atoms with E-state index in [1.54, 1.807) is 0 Å². The lowest BCUT2D eigenvalue weighted by molar-refractivity contribution is -0.126. The van der Waals surface area contributed by atoms with Gasteiger partial charge in [0, 0.05) is 18.9 Å². The van der Waals surface area contributed by atoms with Crippen LogP contribution in [0, 0.1) is 5.92 Å². The van der Waals surface area contributed by atoms with Crippen molar-refractivity contribution in [2.24, 2.45) is 5.92 Å². The average Bonchev–Trinajstić information content (AvgIpc) is 2.09. The van der Waals surface area contributed by atoms with Gasteiger partial charge in [0.05, 0.1) is 6.61 Å². The normalized spacial score (nSPS) is 24.4. The molecule has 0 aromatic carbocycles. The van der Waals surface area contributed by atoms with Crippen molar-refractivity contribution >= 4 is 5.78 Å². The number of hydrogen-bond donors (Lipinski definition) is 0. The van der Waals surface area contributed by atoms with Gasteiger partial charge in [-0.15, -0.1) is 0 Å². The van der Waals surface area contributed by atoms with E-state index >= 15 is 0 Å². The Balaban J connectivity index is 2.16. The van der Waals surface area contributed by atoms with Gasteiger partial charge in [-0.25, -0.2) is 0 Å². The highest BCUT2D eigenvalue weighted by Gasteiger charge is 2.21. The molecule has 1 atom stereocenters. The highest BCUT2D eigenvalue weighted by Crippen LogP contribution is 2.20. The molecule has 0 aliphatic heterocycles. The smallest absolute Gasteiger partial charge is 0.138 e. The zero-order valence-corrected chi connectivity index (χ0v) is 7.84. The summed E-state index contributed by atoms with van der Waals surface area (Å²) < 4.78 is 5.37. The van der Waals surface area contributed by atoms with Crippen LogP contribution in [0.3, 0.4) is 0 Å². The fourth-order valence-electron chi connectivity index (χ4n) is 1.60. The van der Waals surface area contributed by atoms with Gasteiger partial charge >= 0.3 is 0 Å².